The molecule has 2 unspecified atom stereocenters. The van der Waals surface area contributed by atoms with Crippen LogP contribution in [0.1, 0.15) is 48.7 Å². The molecule has 3 aromatic rings. The van der Waals surface area contributed by atoms with Gasteiger partial charge in [0.2, 0.25) is 5.91 Å². The fraction of sp³-hybridized carbons (Fsp3) is 0.400. The Kier molecular flexibility index (Phi) is 5.09. The third kappa shape index (κ3) is 3.64. The first-order valence-corrected chi connectivity index (χ1v) is 11.1. The van der Waals surface area contributed by atoms with Crippen molar-refractivity contribution in [3.63, 3.8) is 0 Å². The van der Waals surface area contributed by atoms with E-state index in [0.717, 1.165) is 25.8 Å². The SMILES string of the molecule is CC(C)Cc1ccc(C2CC(C(=O)N3CCc4c([nH]c5ccccc45)C3)NN2)cc1. The number of benzene rings is 2. The Labute approximate surface area is 177 Å². The van der Waals surface area contributed by atoms with Crippen LogP contribution >= 0.6 is 0 Å². The maximum absolute atomic E-state index is 13.2. The number of hydrogen-bond donors (Lipinski definition) is 3. The van der Waals surface area contributed by atoms with Gasteiger partial charge in [-0.25, -0.2) is 10.9 Å². The number of H-pyrrole nitrogens is 1. The van der Waals surface area contributed by atoms with Gasteiger partial charge < -0.3 is 9.88 Å². The van der Waals surface area contributed by atoms with Gasteiger partial charge in [0.05, 0.1) is 6.54 Å². The van der Waals surface area contributed by atoms with Gasteiger partial charge in [-0.05, 0) is 47.9 Å². The number of hydrogen-bond acceptors (Lipinski definition) is 3. The molecule has 5 nitrogen and oxygen atoms in total. The van der Waals surface area contributed by atoms with Crippen molar-refractivity contribution >= 4 is 16.8 Å². The second kappa shape index (κ2) is 7.89. The van der Waals surface area contributed by atoms with Crippen molar-refractivity contribution in [2.24, 2.45) is 5.92 Å². The van der Waals surface area contributed by atoms with Gasteiger partial charge in [0, 0.05) is 29.2 Å². The van der Waals surface area contributed by atoms with Crippen LogP contribution in [0.3, 0.4) is 0 Å². The molecule has 1 saturated heterocycles. The first-order chi connectivity index (χ1) is 14.6. The highest BCUT2D eigenvalue weighted by Gasteiger charge is 2.34. The molecule has 3 N–H and O–H groups in total. The van der Waals surface area contributed by atoms with E-state index in [0.29, 0.717) is 12.5 Å². The van der Waals surface area contributed by atoms with Crippen LogP contribution in [0, 0.1) is 5.92 Å². The van der Waals surface area contributed by atoms with E-state index in [-0.39, 0.29) is 18.0 Å². The predicted molar refractivity (Wildman–Crippen MR) is 120 cm³/mol. The van der Waals surface area contributed by atoms with Crippen LogP contribution in [0.2, 0.25) is 0 Å². The molecule has 1 fully saturated rings. The van der Waals surface area contributed by atoms with Crippen molar-refractivity contribution in [1.82, 2.24) is 20.7 Å². The maximum Gasteiger partial charge on any atom is 0.241 e. The zero-order valence-electron chi connectivity index (χ0n) is 17.7. The van der Waals surface area contributed by atoms with E-state index in [1.54, 1.807) is 0 Å². The quantitative estimate of drug-likeness (QED) is 0.621. The van der Waals surface area contributed by atoms with E-state index in [4.69, 9.17) is 0 Å². The van der Waals surface area contributed by atoms with Crippen LogP contribution in [0.15, 0.2) is 48.5 Å². The van der Waals surface area contributed by atoms with Crippen LogP contribution in [0.25, 0.3) is 10.9 Å². The smallest absolute Gasteiger partial charge is 0.241 e. The lowest BCUT2D eigenvalue weighted by Crippen LogP contribution is -2.47. The van der Waals surface area contributed by atoms with Gasteiger partial charge in [0.15, 0.2) is 0 Å². The van der Waals surface area contributed by atoms with Gasteiger partial charge in [0.1, 0.15) is 6.04 Å². The molecule has 156 valence electrons. The molecule has 2 atom stereocenters. The summed E-state index contributed by atoms with van der Waals surface area (Å²) in [4.78, 5) is 18.7. The Bertz CT molecular complexity index is 1050. The molecule has 1 aromatic heterocycles. The zero-order valence-corrected chi connectivity index (χ0v) is 17.7. The summed E-state index contributed by atoms with van der Waals surface area (Å²) in [7, 11) is 0. The van der Waals surface area contributed by atoms with E-state index in [1.165, 1.54) is 33.3 Å². The zero-order chi connectivity index (χ0) is 20.7. The van der Waals surface area contributed by atoms with Crippen molar-refractivity contribution < 1.29 is 4.79 Å². The highest BCUT2D eigenvalue weighted by Crippen LogP contribution is 2.29. The fourth-order valence-electron chi connectivity index (χ4n) is 4.90. The summed E-state index contributed by atoms with van der Waals surface area (Å²) in [5.41, 5.74) is 12.9. The van der Waals surface area contributed by atoms with E-state index >= 15 is 0 Å². The average molecular weight is 403 g/mol. The number of nitrogens with one attached hydrogen (secondary N) is 3. The van der Waals surface area contributed by atoms with Gasteiger partial charge in [-0.3, -0.25) is 4.79 Å². The number of rotatable bonds is 4. The van der Waals surface area contributed by atoms with Crippen LogP contribution in [-0.2, 0) is 24.2 Å². The minimum absolute atomic E-state index is 0.167. The highest BCUT2D eigenvalue weighted by atomic mass is 16.2. The number of hydrazine groups is 1. The number of carbonyl (C=O) groups excluding carboxylic acids is 1. The van der Waals surface area contributed by atoms with E-state index in [1.807, 2.05) is 4.90 Å². The topological polar surface area (TPSA) is 60.2 Å². The van der Waals surface area contributed by atoms with Crippen molar-refractivity contribution in [2.45, 2.75) is 51.7 Å². The lowest BCUT2D eigenvalue weighted by atomic mass is 9.97. The average Bonchev–Trinajstić information content (AvgIpc) is 3.38. The van der Waals surface area contributed by atoms with Gasteiger partial charge in [-0.2, -0.15) is 0 Å². The Morgan fingerprint density at radius 1 is 1.10 bits per heavy atom. The summed E-state index contributed by atoms with van der Waals surface area (Å²) in [5.74, 6) is 0.845. The number of nitrogens with zero attached hydrogens (tertiary/aromatic N) is 1. The molecule has 2 aromatic carbocycles. The summed E-state index contributed by atoms with van der Waals surface area (Å²) in [6.45, 7) is 5.92. The van der Waals surface area contributed by atoms with Crippen LogP contribution in [0.4, 0.5) is 0 Å². The molecule has 30 heavy (non-hydrogen) atoms. The third-order valence-electron chi connectivity index (χ3n) is 6.42. The maximum atomic E-state index is 13.2. The Morgan fingerprint density at radius 3 is 2.70 bits per heavy atom. The Morgan fingerprint density at radius 2 is 1.90 bits per heavy atom. The van der Waals surface area contributed by atoms with E-state index in [9.17, 15) is 4.79 Å². The Hall–Kier alpha value is -2.63. The van der Waals surface area contributed by atoms with Crippen LogP contribution in [-0.4, -0.2) is 28.4 Å². The molecule has 0 bridgehead atoms. The lowest BCUT2D eigenvalue weighted by Gasteiger charge is -2.29. The van der Waals surface area contributed by atoms with E-state index in [2.05, 4.69) is 78.2 Å². The summed E-state index contributed by atoms with van der Waals surface area (Å²) in [5, 5.41) is 1.29. The van der Waals surface area contributed by atoms with Crippen molar-refractivity contribution in [3.05, 3.63) is 70.9 Å². The summed E-state index contributed by atoms with van der Waals surface area (Å²) < 4.78 is 0. The molecule has 2 aliphatic heterocycles. The van der Waals surface area contributed by atoms with E-state index < -0.39 is 0 Å². The molecular formula is C25H30N4O. The van der Waals surface area contributed by atoms with Crippen molar-refractivity contribution in [3.8, 4) is 0 Å². The minimum atomic E-state index is -0.184. The standard InChI is InChI=1S/C25H30N4O/c1-16(2)13-17-7-9-18(10-8-17)22-14-23(28-27-22)25(30)29-12-11-20-19-5-3-4-6-21(19)26-24(20)15-29/h3-10,16,22-23,26-28H,11-15H2,1-2H3. The molecule has 5 heteroatoms. The summed E-state index contributed by atoms with van der Waals surface area (Å²) >= 11 is 0. The second-order valence-corrected chi connectivity index (χ2v) is 9.11. The number of carbonyl (C=O) groups is 1. The van der Waals surface area contributed by atoms with Gasteiger partial charge in [0.25, 0.3) is 0 Å². The molecular weight excluding hydrogens is 372 g/mol. The molecule has 0 saturated carbocycles. The molecule has 0 spiro atoms. The number of aromatic nitrogens is 1. The fourth-order valence-corrected chi connectivity index (χ4v) is 4.90. The molecule has 3 heterocycles. The Balaban J connectivity index is 1.24. The molecule has 1 amide bonds. The molecule has 0 aliphatic carbocycles. The number of amides is 1. The number of aromatic amines is 1. The monoisotopic (exact) mass is 402 g/mol. The van der Waals surface area contributed by atoms with Gasteiger partial charge >= 0.3 is 0 Å². The molecule has 2 aliphatic rings. The normalized spacial score (nSPS) is 21.4. The van der Waals surface area contributed by atoms with Gasteiger partial charge in [-0.15, -0.1) is 0 Å². The van der Waals surface area contributed by atoms with Gasteiger partial charge in [-0.1, -0.05) is 56.3 Å². The van der Waals surface area contributed by atoms with Crippen LogP contribution < -0.4 is 10.9 Å². The first-order valence-electron chi connectivity index (χ1n) is 11.1. The third-order valence-corrected chi connectivity index (χ3v) is 6.42. The summed E-state index contributed by atoms with van der Waals surface area (Å²) in [6, 6.07) is 17.2. The highest BCUT2D eigenvalue weighted by molar-refractivity contribution is 5.86. The predicted octanol–water partition coefficient (Wildman–Crippen LogP) is 3.86. The largest absolute Gasteiger partial charge is 0.357 e. The number of fused-ring (bicyclic) bond motifs is 3. The van der Waals surface area contributed by atoms with Crippen molar-refractivity contribution in [1.29, 1.82) is 0 Å². The van der Waals surface area contributed by atoms with Crippen LogP contribution in [0.5, 0.6) is 0 Å². The van der Waals surface area contributed by atoms with Crippen molar-refractivity contribution in [2.75, 3.05) is 6.54 Å². The minimum Gasteiger partial charge on any atom is -0.357 e. The lowest BCUT2D eigenvalue weighted by molar-refractivity contribution is -0.134. The molecule has 5 rings (SSSR count). The number of para-hydroxylation sites is 1. The summed E-state index contributed by atoms with van der Waals surface area (Å²) in [6.07, 6.45) is 2.78. The first kappa shape index (κ1) is 19.3. The molecule has 0 radical (unpaired) electrons. The second-order valence-electron chi connectivity index (χ2n) is 9.11.